The lowest BCUT2D eigenvalue weighted by atomic mass is 10.1. The van der Waals surface area contributed by atoms with Crippen molar-refractivity contribution in [1.29, 1.82) is 0 Å². The van der Waals surface area contributed by atoms with Crippen LogP contribution in [0.5, 0.6) is 0 Å². The van der Waals surface area contributed by atoms with E-state index in [2.05, 4.69) is 14.9 Å². The second kappa shape index (κ2) is 5.12. The zero-order chi connectivity index (χ0) is 12.3. The van der Waals surface area contributed by atoms with Gasteiger partial charge in [0.25, 0.3) is 0 Å². The van der Waals surface area contributed by atoms with Crippen LogP contribution < -0.4 is 4.90 Å². The number of carboxylic acid groups (broad SMARTS) is 1. The Kier molecular flexibility index (Phi) is 3.56. The molecule has 1 unspecified atom stereocenters. The summed E-state index contributed by atoms with van der Waals surface area (Å²) >= 11 is 0. The Bertz CT molecular complexity index is 402. The SMILES string of the molecule is CC(C(=O)O)c1cc(N2CCCCC2)ncn1. The molecule has 1 aliphatic heterocycles. The van der Waals surface area contributed by atoms with Gasteiger partial charge in [0.15, 0.2) is 0 Å². The van der Waals surface area contributed by atoms with E-state index in [1.807, 2.05) is 0 Å². The van der Waals surface area contributed by atoms with Crippen LogP contribution in [-0.2, 0) is 4.79 Å². The fourth-order valence-corrected chi connectivity index (χ4v) is 2.02. The van der Waals surface area contributed by atoms with E-state index in [1.165, 1.54) is 25.6 Å². The first-order valence-electron chi connectivity index (χ1n) is 5.98. The topological polar surface area (TPSA) is 66.3 Å². The van der Waals surface area contributed by atoms with Crippen LogP contribution in [0.15, 0.2) is 12.4 Å². The number of piperidine rings is 1. The minimum absolute atomic E-state index is 0.577. The van der Waals surface area contributed by atoms with Gasteiger partial charge >= 0.3 is 5.97 Å². The third-order valence-electron chi connectivity index (χ3n) is 3.17. The maximum Gasteiger partial charge on any atom is 0.312 e. The van der Waals surface area contributed by atoms with Gasteiger partial charge in [0.1, 0.15) is 12.1 Å². The van der Waals surface area contributed by atoms with E-state index in [-0.39, 0.29) is 0 Å². The Morgan fingerprint density at radius 2 is 2.06 bits per heavy atom. The zero-order valence-corrected chi connectivity index (χ0v) is 9.96. The second-order valence-electron chi connectivity index (χ2n) is 4.41. The van der Waals surface area contributed by atoms with E-state index in [0.29, 0.717) is 5.69 Å². The molecule has 92 valence electrons. The quantitative estimate of drug-likeness (QED) is 0.863. The molecule has 1 N–H and O–H groups in total. The molecular weight excluding hydrogens is 218 g/mol. The van der Waals surface area contributed by atoms with Gasteiger partial charge in [-0.15, -0.1) is 0 Å². The molecule has 5 nitrogen and oxygen atoms in total. The average molecular weight is 235 g/mol. The van der Waals surface area contributed by atoms with Crippen molar-refractivity contribution in [2.24, 2.45) is 0 Å². The first kappa shape index (κ1) is 11.8. The Morgan fingerprint density at radius 1 is 1.35 bits per heavy atom. The lowest BCUT2D eigenvalue weighted by Gasteiger charge is -2.27. The van der Waals surface area contributed by atoms with E-state index in [1.54, 1.807) is 13.0 Å². The first-order chi connectivity index (χ1) is 8.18. The molecule has 1 aromatic heterocycles. The summed E-state index contributed by atoms with van der Waals surface area (Å²) in [6.45, 7) is 3.64. The number of aliphatic carboxylic acids is 1. The number of aromatic nitrogens is 2. The normalized spacial score (nSPS) is 17.8. The summed E-state index contributed by atoms with van der Waals surface area (Å²) in [5.74, 6) is -0.586. The predicted molar refractivity (Wildman–Crippen MR) is 64.1 cm³/mol. The summed E-state index contributed by atoms with van der Waals surface area (Å²) < 4.78 is 0. The van der Waals surface area contributed by atoms with Gasteiger partial charge in [-0.05, 0) is 26.2 Å². The molecule has 1 aromatic rings. The predicted octanol–water partition coefficient (Wildman–Crippen LogP) is 1.66. The number of carboxylic acids is 1. The molecule has 0 bridgehead atoms. The van der Waals surface area contributed by atoms with Crippen LogP contribution in [0.25, 0.3) is 0 Å². The molecule has 5 heteroatoms. The minimum Gasteiger partial charge on any atom is -0.481 e. The monoisotopic (exact) mass is 235 g/mol. The number of hydrogen-bond donors (Lipinski definition) is 1. The minimum atomic E-state index is -0.853. The van der Waals surface area contributed by atoms with Crippen molar-refractivity contribution in [2.45, 2.75) is 32.1 Å². The summed E-state index contributed by atoms with van der Waals surface area (Å²) in [6, 6.07) is 1.80. The summed E-state index contributed by atoms with van der Waals surface area (Å²) in [7, 11) is 0. The zero-order valence-electron chi connectivity index (χ0n) is 9.96. The summed E-state index contributed by atoms with van der Waals surface area (Å²) in [6.07, 6.45) is 5.07. The molecule has 2 rings (SSSR count). The number of carbonyl (C=O) groups is 1. The van der Waals surface area contributed by atoms with E-state index in [0.717, 1.165) is 18.9 Å². The maximum atomic E-state index is 10.9. The summed E-state index contributed by atoms with van der Waals surface area (Å²) in [4.78, 5) is 21.4. The van der Waals surface area contributed by atoms with E-state index >= 15 is 0 Å². The molecule has 2 heterocycles. The lowest BCUT2D eigenvalue weighted by molar-refractivity contribution is -0.138. The number of nitrogens with zero attached hydrogens (tertiary/aromatic N) is 3. The third-order valence-corrected chi connectivity index (χ3v) is 3.17. The molecule has 1 aliphatic rings. The highest BCUT2D eigenvalue weighted by Crippen LogP contribution is 2.20. The second-order valence-corrected chi connectivity index (χ2v) is 4.41. The molecule has 17 heavy (non-hydrogen) atoms. The molecule has 0 aromatic carbocycles. The highest BCUT2D eigenvalue weighted by molar-refractivity contribution is 5.75. The van der Waals surface area contributed by atoms with Crippen LogP contribution in [-0.4, -0.2) is 34.1 Å². The van der Waals surface area contributed by atoms with Crippen molar-refractivity contribution in [3.8, 4) is 0 Å². The summed E-state index contributed by atoms with van der Waals surface area (Å²) in [5, 5.41) is 8.96. The van der Waals surface area contributed by atoms with Crippen molar-refractivity contribution < 1.29 is 9.90 Å². The van der Waals surface area contributed by atoms with Crippen molar-refractivity contribution in [3.05, 3.63) is 18.1 Å². The van der Waals surface area contributed by atoms with Gasteiger partial charge in [0, 0.05) is 19.2 Å². The Morgan fingerprint density at radius 3 is 2.71 bits per heavy atom. The standard InChI is InChI=1S/C12H17N3O2/c1-9(12(16)17)10-7-11(14-8-13-10)15-5-3-2-4-6-15/h7-9H,2-6H2,1H3,(H,16,17). The van der Waals surface area contributed by atoms with Crippen LogP contribution >= 0.6 is 0 Å². The third kappa shape index (κ3) is 2.72. The Labute approximate surface area is 100 Å². The Balaban J connectivity index is 2.18. The van der Waals surface area contributed by atoms with Gasteiger partial charge in [-0.25, -0.2) is 9.97 Å². The fourth-order valence-electron chi connectivity index (χ4n) is 2.02. The number of anilines is 1. The molecule has 0 saturated carbocycles. The summed E-state index contributed by atoms with van der Waals surface area (Å²) in [5.41, 5.74) is 0.577. The fraction of sp³-hybridized carbons (Fsp3) is 0.583. The van der Waals surface area contributed by atoms with Gasteiger partial charge in [0.05, 0.1) is 11.6 Å². The van der Waals surface area contributed by atoms with Gasteiger partial charge in [0.2, 0.25) is 0 Å². The van der Waals surface area contributed by atoms with E-state index < -0.39 is 11.9 Å². The van der Waals surface area contributed by atoms with Crippen LogP contribution in [0.2, 0.25) is 0 Å². The smallest absolute Gasteiger partial charge is 0.312 e. The maximum absolute atomic E-state index is 10.9. The van der Waals surface area contributed by atoms with E-state index in [9.17, 15) is 4.79 Å². The molecule has 1 fully saturated rings. The van der Waals surface area contributed by atoms with Crippen LogP contribution in [0.1, 0.15) is 37.8 Å². The number of rotatable bonds is 3. The van der Waals surface area contributed by atoms with Crippen LogP contribution in [0.4, 0.5) is 5.82 Å². The van der Waals surface area contributed by atoms with Gasteiger partial charge in [-0.2, -0.15) is 0 Å². The van der Waals surface area contributed by atoms with Gasteiger partial charge in [-0.1, -0.05) is 0 Å². The largest absolute Gasteiger partial charge is 0.481 e. The average Bonchev–Trinajstić information content (AvgIpc) is 2.39. The van der Waals surface area contributed by atoms with Crippen molar-refractivity contribution >= 4 is 11.8 Å². The van der Waals surface area contributed by atoms with Crippen LogP contribution in [0.3, 0.4) is 0 Å². The van der Waals surface area contributed by atoms with Crippen LogP contribution in [0, 0.1) is 0 Å². The Hall–Kier alpha value is -1.65. The molecule has 0 radical (unpaired) electrons. The van der Waals surface area contributed by atoms with E-state index in [4.69, 9.17) is 5.11 Å². The van der Waals surface area contributed by atoms with Crippen molar-refractivity contribution in [1.82, 2.24) is 9.97 Å². The molecule has 0 aliphatic carbocycles. The molecule has 1 saturated heterocycles. The van der Waals surface area contributed by atoms with Crippen molar-refractivity contribution in [2.75, 3.05) is 18.0 Å². The van der Waals surface area contributed by atoms with Crippen molar-refractivity contribution in [3.63, 3.8) is 0 Å². The number of hydrogen-bond acceptors (Lipinski definition) is 4. The highest BCUT2D eigenvalue weighted by Gasteiger charge is 2.18. The van der Waals surface area contributed by atoms with Gasteiger partial charge in [-0.3, -0.25) is 4.79 Å². The first-order valence-corrected chi connectivity index (χ1v) is 5.98. The lowest BCUT2D eigenvalue weighted by Crippen LogP contribution is -2.30. The molecule has 0 amide bonds. The highest BCUT2D eigenvalue weighted by atomic mass is 16.4. The van der Waals surface area contributed by atoms with Gasteiger partial charge < -0.3 is 10.0 Å². The molecule has 0 spiro atoms. The molecular formula is C12H17N3O2. The molecule has 1 atom stereocenters.